The van der Waals surface area contributed by atoms with Crippen LogP contribution in [0.1, 0.15) is 22.7 Å². The van der Waals surface area contributed by atoms with E-state index >= 15 is 0 Å². The second kappa shape index (κ2) is 9.79. The molecule has 1 saturated heterocycles. The fraction of sp³-hybridized carbons (Fsp3) is 0.250. The van der Waals surface area contributed by atoms with Crippen LogP contribution < -0.4 is 9.46 Å². The van der Waals surface area contributed by atoms with Gasteiger partial charge in [0.1, 0.15) is 23.4 Å². The molecule has 0 bridgehead atoms. The van der Waals surface area contributed by atoms with Crippen LogP contribution in [0.15, 0.2) is 78.9 Å². The molecular weight excluding hydrogens is 431 g/mol. The molecule has 0 aliphatic carbocycles. The van der Waals surface area contributed by atoms with Crippen LogP contribution in [-0.2, 0) is 28.0 Å². The van der Waals surface area contributed by atoms with E-state index in [1.54, 1.807) is 30.3 Å². The summed E-state index contributed by atoms with van der Waals surface area (Å²) in [5, 5.41) is 0.711. The standard InChI is InChI=1S/C24H25FN2O4S/c1-27-24(19-11-13-21(14-12-19)30-16-18-7-3-2-4-8-18)23(17-31-27)32(28,29)26-15-20-9-5-6-10-22(20)25/h2-14,23-24,26H,15-17H2,1H3/t23-,24+/m1/s1. The van der Waals surface area contributed by atoms with Crippen molar-refractivity contribution in [2.75, 3.05) is 13.7 Å². The molecular formula is C24H25FN2O4S. The third-order valence-electron chi connectivity index (χ3n) is 5.48. The molecule has 8 heteroatoms. The number of hydroxylamine groups is 2. The summed E-state index contributed by atoms with van der Waals surface area (Å²) in [6, 6.07) is 22.8. The van der Waals surface area contributed by atoms with Gasteiger partial charge in [0.2, 0.25) is 10.0 Å². The van der Waals surface area contributed by atoms with Gasteiger partial charge < -0.3 is 4.74 Å². The van der Waals surface area contributed by atoms with Crippen LogP contribution in [0.3, 0.4) is 0 Å². The minimum Gasteiger partial charge on any atom is -0.489 e. The average molecular weight is 457 g/mol. The van der Waals surface area contributed by atoms with E-state index in [-0.39, 0.29) is 13.2 Å². The normalized spacial score (nSPS) is 19.2. The topological polar surface area (TPSA) is 67.9 Å². The monoisotopic (exact) mass is 456 g/mol. The zero-order chi connectivity index (χ0) is 22.6. The zero-order valence-corrected chi connectivity index (χ0v) is 18.5. The van der Waals surface area contributed by atoms with Gasteiger partial charge in [-0.05, 0) is 29.3 Å². The molecule has 1 fully saturated rings. The van der Waals surface area contributed by atoms with E-state index in [1.165, 1.54) is 6.07 Å². The Hall–Kier alpha value is -2.78. The number of rotatable bonds is 8. The Balaban J connectivity index is 1.45. The molecule has 6 nitrogen and oxygen atoms in total. The van der Waals surface area contributed by atoms with Crippen molar-refractivity contribution < 1.29 is 22.4 Å². The first-order chi connectivity index (χ1) is 15.4. The van der Waals surface area contributed by atoms with E-state index in [4.69, 9.17) is 9.57 Å². The summed E-state index contributed by atoms with van der Waals surface area (Å²) in [5.41, 5.74) is 2.14. The Morgan fingerprint density at radius 2 is 1.72 bits per heavy atom. The highest BCUT2D eigenvalue weighted by atomic mass is 32.2. The summed E-state index contributed by atoms with van der Waals surface area (Å²) in [6.07, 6.45) is 0. The number of hydrogen-bond donors (Lipinski definition) is 1. The molecule has 0 unspecified atom stereocenters. The maximum absolute atomic E-state index is 13.9. The third-order valence-corrected chi connectivity index (χ3v) is 7.21. The number of nitrogens with zero attached hydrogens (tertiary/aromatic N) is 1. The minimum atomic E-state index is -3.78. The first-order valence-electron chi connectivity index (χ1n) is 10.3. The van der Waals surface area contributed by atoms with Crippen molar-refractivity contribution in [1.29, 1.82) is 0 Å². The lowest BCUT2D eigenvalue weighted by Gasteiger charge is -2.23. The molecule has 1 N–H and O–H groups in total. The van der Waals surface area contributed by atoms with Gasteiger partial charge in [-0.1, -0.05) is 60.7 Å². The first-order valence-corrected chi connectivity index (χ1v) is 11.8. The number of nitrogens with one attached hydrogen (secondary N) is 1. The van der Waals surface area contributed by atoms with E-state index in [0.29, 0.717) is 17.9 Å². The zero-order valence-electron chi connectivity index (χ0n) is 17.6. The van der Waals surface area contributed by atoms with Crippen molar-refractivity contribution in [2.45, 2.75) is 24.4 Å². The Bertz CT molecular complexity index is 1140. The summed E-state index contributed by atoms with van der Waals surface area (Å²) >= 11 is 0. The van der Waals surface area contributed by atoms with Crippen LogP contribution >= 0.6 is 0 Å². The lowest BCUT2D eigenvalue weighted by atomic mass is 10.0. The average Bonchev–Trinajstić information content (AvgIpc) is 3.20. The van der Waals surface area contributed by atoms with Crippen molar-refractivity contribution in [3.63, 3.8) is 0 Å². The van der Waals surface area contributed by atoms with Crippen molar-refractivity contribution in [3.05, 3.63) is 101 Å². The Morgan fingerprint density at radius 1 is 1.03 bits per heavy atom. The summed E-state index contributed by atoms with van der Waals surface area (Å²) in [7, 11) is -2.07. The Morgan fingerprint density at radius 3 is 2.44 bits per heavy atom. The minimum absolute atomic E-state index is 0.0139. The van der Waals surface area contributed by atoms with Gasteiger partial charge in [-0.3, -0.25) is 4.84 Å². The number of sulfonamides is 1. The van der Waals surface area contributed by atoms with Gasteiger partial charge in [0.15, 0.2) is 0 Å². The van der Waals surface area contributed by atoms with Gasteiger partial charge in [-0.25, -0.2) is 17.5 Å². The molecule has 0 saturated carbocycles. The second-order valence-corrected chi connectivity index (χ2v) is 9.61. The van der Waals surface area contributed by atoms with Crippen LogP contribution in [0.5, 0.6) is 5.75 Å². The molecule has 168 valence electrons. The lowest BCUT2D eigenvalue weighted by Crippen LogP contribution is -2.39. The van der Waals surface area contributed by atoms with Gasteiger partial charge in [0, 0.05) is 19.2 Å². The van der Waals surface area contributed by atoms with E-state index in [1.807, 2.05) is 54.6 Å². The SMILES string of the molecule is CN1OC[C@@H](S(=O)(=O)NCc2ccccc2F)[C@@H]1c1ccc(OCc2ccccc2)cc1. The van der Waals surface area contributed by atoms with Gasteiger partial charge in [-0.2, -0.15) is 5.06 Å². The van der Waals surface area contributed by atoms with Gasteiger partial charge >= 0.3 is 0 Å². The molecule has 1 aliphatic heterocycles. The summed E-state index contributed by atoms with van der Waals surface area (Å²) in [6.45, 7) is 0.345. The van der Waals surface area contributed by atoms with E-state index < -0.39 is 27.1 Å². The highest BCUT2D eigenvalue weighted by Gasteiger charge is 2.43. The second-order valence-electron chi connectivity index (χ2n) is 7.63. The lowest BCUT2D eigenvalue weighted by molar-refractivity contribution is -0.110. The van der Waals surface area contributed by atoms with Crippen molar-refractivity contribution in [3.8, 4) is 5.75 Å². The molecule has 0 radical (unpaired) electrons. The fourth-order valence-electron chi connectivity index (χ4n) is 3.71. The summed E-state index contributed by atoms with van der Waals surface area (Å²) < 4.78 is 48.2. The molecule has 0 spiro atoms. The highest BCUT2D eigenvalue weighted by Crippen LogP contribution is 2.34. The molecule has 3 aromatic rings. The Labute approximate surface area is 187 Å². The van der Waals surface area contributed by atoms with E-state index in [9.17, 15) is 12.8 Å². The van der Waals surface area contributed by atoms with E-state index in [0.717, 1.165) is 11.1 Å². The predicted octanol–water partition coefficient (Wildman–Crippen LogP) is 3.81. The third kappa shape index (κ3) is 5.16. The molecule has 3 aromatic carbocycles. The number of hydrogen-bond acceptors (Lipinski definition) is 5. The van der Waals surface area contributed by atoms with Gasteiger partial charge in [-0.15, -0.1) is 0 Å². The molecule has 0 aromatic heterocycles. The maximum atomic E-state index is 13.9. The van der Waals surface area contributed by atoms with Gasteiger partial charge in [0.05, 0.1) is 12.6 Å². The van der Waals surface area contributed by atoms with Crippen LogP contribution in [0.4, 0.5) is 4.39 Å². The molecule has 1 heterocycles. The quantitative estimate of drug-likeness (QED) is 0.558. The number of ether oxygens (including phenoxy) is 1. The Kier molecular flexibility index (Phi) is 6.86. The number of halogens is 1. The predicted molar refractivity (Wildman–Crippen MR) is 120 cm³/mol. The number of benzene rings is 3. The fourth-order valence-corrected chi connectivity index (χ4v) is 5.19. The van der Waals surface area contributed by atoms with Crippen molar-refractivity contribution in [2.24, 2.45) is 0 Å². The molecule has 32 heavy (non-hydrogen) atoms. The first kappa shape index (κ1) is 22.4. The van der Waals surface area contributed by atoms with E-state index in [2.05, 4.69) is 4.72 Å². The summed E-state index contributed by atoms with van der Waals surface area (Å²) in [4.78, 5) is 5.54. The van der Waals surface area contributed by atoms with Crippen LogP contribution in [0, 0.1) is 5.82 Å². The van der Waals surface area contributed by atoms with Crippen LogP contribution in [0.2, 0.25) is 0 Å². The van der Waals surface area contributed by atoms with Crippen molar-refractivity contribution in [1.82, 2.24) is 9.79 Å². The smallest absolute Gasteiger partial charge is 0.219 e. The molecule has 0 amide bonds. The van der Waals surface area contributed by atoms with Crippen molar-refractivity contribution >= 4 is 10.0 Å². The largest absolute Gasteiger partial charge is 0.489 e. The highest BCUT2D eigenvalue weighted by molar-refractivity contribution is 7.90. The van der Waals surface area contributed by atoms with Crippen LogP contribution in [0.25, 0.3) is 0 Å². The molecule has 4 rings (SSSR count). The van der Waals surface area contributed by atoms with Gasteiger partial charge in [0.25, 0.3) is 0 Å². The van der Waals surface area contributed by atoms with Crippen LogP contribution in [-0.4, -0.2) is 32.4 Å². The molecule has 1 aliphatic rings. The summed E-state index contributed by atoms with van der Waals surface area (Å²) in [5.74, 6) is 0.244. The molecule has 2 atom stereocenters. The maximum Gasteiger partial charge on any atom is 0.219 e.